The highest BCUT2D eigenvalue weighted by Gasteiger charge is 2.16. The van der Waals surface area contributed by atoms with Gasteiger partial charge in [-0.05, 0) is 67.4 Å². The molecule has 1 aliphatic heterocycles. The van der Waals surface area contributed by atoms with Crippen LogP contribution in [0.25, 0.3) is 11.1 Å². The fourth-order valence-electron chi connectivity index (χ4n) is 3.26. The lowest BCUT2D eigenvalue weighted by atomic mass is 10.0. The molecule has 0 bridgehead atoms. The van der Waals surface area contributed by atoms with Crippen molar-refractivity contribution in [3.8, 4) is 16.9 Å². The van der Waals surface area contributed by atoms with E-state index < -0.39 is 0 Å². The Morgan fingerprint density at radius 3 is 2.80 bits per heavy atom. The van der Waals surface area contributed by atoms with E-state index in [1.54, 1.807) is 18.6 Å². The molecule has 0 amide bonds. The molecule has 1 N–H and O–H groups in total. The van der Waals surface area contributed by atoms with Crippen LogP contribution in [0.5, 0.6) is 5.75 Å². The Labute approximate surface area is 182 Å². The molecule has 154 valence electrons. The Balaban J connectivity index is 1.30. The van der Waals surface area contributed by atoms with E-state index in [0.29, 0.717) is 24.3 Å². The van der Waals surface area contributed by atoms with Crippen LogP contribution < -0.4 is 10.1 Å². The molecule has 0 saturated carbocycles. The number of hydrogen-bond donors (Lipinski definition) is 1. The van der Waals surface area contributed by atoms with Crippen LogP contribution in [0.15, 0.2) is 67.3 Å². The van der Waals surface area contributed by atoms with E-state index in [4.69, 9.17) is 21.7 Å². The normalized spacial score (nSPS) is 15.3. The maximum atomic E-state index is 5.88. The summed E-state index contributed by atoms with van der Waals surface area (Å²) in [5.41, 5.74) is 4.30. The number of benzene rings is 1. The van der Waals surface area contributed by atoms with E-state index in [-0.39, 0.29) is 0 Å². The molecule has 30 heavy (non-hydrogen) atoms. The molecule has 1 saturated heterocycles. The first-order valence-corrected chi connectivity index (χ1v) is 10.7. The van der Waals surface area contributed by atoms with Crippen molar-refractivity contribution in [1.82, 2.24) is 15.3 Å². The summed E-state index contributed by atoms with van der Waals surface area (Å²) < 4.78 is 11.6. The van der Waals surface area contributed by atoms with Crippen LogP contribution in [0, 0.1) is 0 Å². The first-order chi connectivity index (χ1) is 14.8. The van der Waals surface area contributed by atoms with E-state index in [9.17, 15) is 0 Å². The minimum absolute atomic E-state index is 0.463. The molecule has 1 aromatic carbocycles. The van der Waals surface area contributed by atoms with Gasteiger partial charge in [-0.3, -0.25) is 9.97 Å². The zero-order valence-corrected chi connectivity index (χ0v) is 17.6. The predicted molar refractivity (Wildman–Crippen MR) is 122 cm³/mol. The number of nitrogens with one attached hydrogen (secondary N) is 1. The molecule has 1 aliphatic rings. The minimum atomic E-state index is 0.463. The van der Waals surface area contributed by atoms with Gasteiger partial charge >= 0.3 is 0 Å². The highest BCUT2D eigenvalue weighted by atomic mass is 32.1. The summed E-state index contributed by atoms with van der Waals surface area (Å²) in [7, 11) is 0. The second-order valence-corrected chi connectivity index (χ2v) is 7.71. The number of nitrogens with zero attached hydrogens (tertiary/aromatic N) is 2. The van der Waals surface area contributed by atoms with Gasteiger partial charge in [0.1, 0.15) is 12.4 Å². The van der Waals surface area contributed by atoms with E-state index in [1.807, 2.05) is 18.3 Å². The third-order valence-electron chi connectivity index (χ3n) is 5.09. The molecule has 5 nitrogen and oxygen atoms in total. The number of hydrogen-bond acceptors (Lipinski definition) is 6. The van der Waals surface area contributed by atoms with Crippen molar-refractivity contribution in [2.24, 2.45) is 0 Å². The quantitative estimate of drug-likeness (QED) is 0.414. The number of ether oxygens (including phenoxy) is 2. The van der Waals surface area contributed by atoms with E-state index in [1.165, 1.54) is 12.0 Å². The van der Waals surface area contributed by atoms with Gasteiger partial charge in [0.2, 0.25) is 0 Å². The smallest absolute Gasteiger partial charge is 0.192 e. The summed E-state index contributed by atoms with van der Waals surface area (Å²) in [6, 6.07) is 14.8. The van der Waals surface area contributed by atoms with Crippen LogP contribution in [-0.2, 0) is 11.2 Å². The van der Waals surface area contributed by atoms with E-state index in [2.05, 4.69) is 45.6 Å². The van der Waals surface area contributed by atoms with E-state index in [0.717, 1.165) is 41.8 Å². The van der Waals surface area contributed by atoms with Gasteiger partial charge in [-0.25, -0.2) is 0 Å². The molecular weight excluding hydrogens is 394 g/mol. The summed E-state index contributed by atoms with van der Waals surface area (Å²) in [4.78, 5) is 8.42. The van der Waals surface area contributed by atoms with Crippen molar-refractivity contribution >= 4 is 17.3 Å². The highest BCUT2D eigenvalue weighted by Crippen LogP contribution is 2.24. The molecule has 0 radical (unpaired) electrons. The Hall–Kier alpha value is -2.83. The zero-order chi connectivity index (χ0) is 20.6. The van der Waals surface area contributed by atoms with Gasteiger partial charge in [0.05, 0.1) is 12.8 Å². The van der Waals surface area contributed by atoms with Gasteiger partial charge < -0.3 is 14.8 Å². The van der Waals surface area contributed by atoms with Crippen LogP contribution in [0.3, 0.4) is 0 Å². The molecule has 0 spiro atoms. The topological polar surface area (TPSA) is 56.3 Å². The van der Waals surface area contributed by atoms with Gasteiger partial charge in [-0.15, -0.1) is 0 Å². The molecule has 1 fully saturated rings. The Morgan fingerprint density at radius 2 is 2.00 bits per heavy atom. The predicted octanol–water partition coefficient (Wildman–Crippen LogP) is 4.21. The lowest BCUT2D eigenvalue weighted by Gasteiger charge is -2.27. The van der Waals surface area contributed by atoms with Crippen LogP contribution in [0.4, 0.5) is 0 Å². The van der Waals surface area contributed by atoms with Crippen molar-refractivity contribution in [2.45, 2.75) is 25.3 Å². The zero-order valence-electron chi connectivity index (χ0n) is 16.8. The maximum absolute atomic E-state index is 5.88. The molecule has 3 aromatic rings. The average Bonchev–Trinajstić information content (AvgIpc) is 2.76. The first kappa shape index (κ1) is 20.4. The second kappa shape index (κ2) is 10.3. The van der Waals surface area contributed by atoms with Crippen molar-refractivity contribution in [3.05, 3.63) is 78.4 Å². The van der Waals surface area contributed by atoms with Crippen LogP contribution >= 0.6 is 12.2 Å². The van der Waals surface area contributed by atoms with Crippen molar-refractivity contribution in [1.29, 1.82) is 0 Å². The lowest BCUT2D eigenvalue weighted by molar-refractivity contribution is 0.217. The highest BCUT2D eigenvalue weighted by molar-refractivity contribution is 7.80. The van der Waals surface area contributed by atoms with Gasteiger partial charge in [0.15, 0.2) is 5.05 Å². The Bertz CT molecular complexity index is 977. The van der Waals surface area contributed by atoms with Crippen LogP contribution in [0.1, 0.15) is 24.0 Å². The molecule has 3 heterocycles. The monoisotopic (exact) mass is 419 g/mol. The van der Waals surface area contributed by atoms with Crippen molar-refractivity contribution < 1.29 is 9.47 Å². The number of aromatic nitrogens is 2. The number of rotatable bonds is 9. The Morgan fingerprint density at radius 1 is 1.07 bits per heavy atom. The molecule has 1 atom stereocenters. The summed E-state index contributed by atoms with van der Waals surface area (Å²) in [5, 5.41) is 3.84. The van der Waals surface area contributed by atoms with Gasteiger partial charge in [-0.2, -0.15) is 0 Å². The largest absolute Gasteiger partial charge is 0.490 e. The molecule has 6 heteroatoms. The number of pyridine rings is 2. The van der Waals surface area contributed by atoms with Crippen LogP contribution in [-0.4, -0.2) is 40.8 Å². The third kappa shape index (κ3) is 5.62. The van der Waals surface area contributed by atoms with Crippen molar-refractivity contribution in [3.63, 3.8) is 0 Å². The maximum Gasteiger partial charge on any atom is 0.192 e. The van der Waals surface area contributed by atoms with Crippen LogP contribution in [0.2, 0.25) is 0 Å². The van der Waals surface area contributed by atoms with Gasteiger partial charge in [-0.1, -0.05) is 24.3 Å². The number of thiocarbonyl (C=S) groups is 1. The van der Waals surface area contributed by atoms with Gasteiger partial charge in [0, 0.05) is 35.8 Å². The number of aryl methyl sites for hydroxylation is 1. The summed E-state index contributed by atoms with van der Waals surface area (Å²) in [5.74, 6) is 0.809. The lowest BCUT2D eigenvalue weighted by Crippen LogP contribution is -2.46. The van der Waals surface area contributed by atoms with E-state index >= 15 is 0 Å². The minimum Gasteiger partial charge on any atom is -0.490 e. The fraction of sp³-hybridized carbons (Fsp3) is 0.292. The summed E-state index contributed by atoms with van der Waals surface area (Å²) in [6.07, 6.45) is 10.1. The Kier molecular flexibility index (Phi) is 7.00. The first-order valence-electron chi connectivity index (χ1n) is 10.3. The summed E-state index contributed by atoms with van der Waals surface area (Å²) >= 11 is 5.31. The third-order valence-corrected chi connectivity index (χ3v) is 5.44. The van der Waals surface area contributed by atoms with Crippen molar-refractivity contribution in [2.75, 3.05) is 19.8 Å². The second-order valence-electron chi connectivity index (χ2n) is 7.34. The molecule has 2 aromatic heterocycles. The summed E-state index contributed by atoms with van der Waals surface area (Å²) in [6.45, 7) is 2.35. The standard InChI is InChI=1S/C24H25N3O2S/c30-24(20-7-2-9-25-14-20)28-11-3-5-18-4-1-6-19(12-18)21-13-23(16-26-15-21)29-17-22-8-10-27-22/h1-2,4,6-7,9,12-16,22,27H,3,5,8,10-11,17H2. The molecule has 0 aliphatic carbocycles. The average molecular weight is 420 g/mol. The van der Waals surface area contributed by atoms with Gasteiger partial charge in [0.25, 0.3) is 0 Å². The fourth-order valence-corrected chi connectivity index (χ4v) is 3.46. The molecule has 4 rings (SSSR count). The molecular formula is C24H25N3O2S. The SMILES string of the molecule is S=C(OCCCc1cccc(-c2cncc(OCC3CCN3)c2)c1)c1cccnc1. The molecule has 1 unspecified atom stereocenters.